The molecule has 7 heteroatoms. The lowest BCUT2D eigenvalue weighted by Gasteiger charge is -2.04. The molecule has 0 saturated carbocycles. The van der Waals surface area contributed by atoms with Gasteiger partial charge < -0.3 is 0 Å². The molecule has 0 fully saturated rings. The van der Waals surface area contributed by atoms with Crippen LogP contribution in [0.25, 0.3) is 0 Å². The lowest BCUT2D eigenvalue weighted by molar-refractivity contribution is 0.614. The van der Waals surface area contributed by atoms with Crippen LogP contribution in [0.15, 0.2) is 0 Å². The lowest BCUT2D eigenvalue weighted by Crippen LogP contribution is -2.08. The number of hydrogen-bond donors (Lipinski definition) is 0. The van der Waals surface area contributed by atoms with Gasteiger partial charge in [0, 0.05) is 0 Å². The summed E-state index contributed by atoms with van der Waals surface area (Å²) >= 11 is 10.8. The number of hydrogen-bond acceptors (Lipinski definition) is 2. The monoisotopic (exact) mass is 392 g/mol. The van der Waals surface area contributed by atoms with E-state index in [0.717, 1.165) is 0 Å². The summed E-state index contributed by atoms with van der Waals surface area (Å²) in [7, 11) is -3.28. The smallest absolute Gasteiger partial charge is 0.214 e. The molecule has 0 saturated heterocycles. The molecule has 0 radical (unpaired) electrons. The normalized spacial score (nSPS) is 14.0. The van der Waals surface area contributed by atoms with Crippen LogP contribution in [0, 0.1) is 0 Å². The van der Waals surface area contributed by atoms with Crippen LogP contribution in [-0.4, -0.2) is 9.89 Å². The fourth-order valence-electron chi connectivity index (χ4n) is 0. The van der Waals surface area contributed by atoms with Gasteiger partial charge in [-0.15, -0.1) is 0 Å². The predicted octanol–water partition coefficient (Wildman–Crippen LogP) is 2.51. The van der Waals surface area contributed by atoms with Crippen molar-refractivity contribution in [2.24, 2.45) is 0 Å². The van der Waals surface area contributed by atoms with Crippen LogP contribution in [0.1, 0.15) is 0 Å². The molecular formula is CBr4O2S. The third kappa shape index (κ3) is 3.14. The van der Waals surface area contributed by atoms with Crippen molar-refractivity contribution in [2.45, 2.75) is 1.47 Å². The average Bonchev–Trinajstić information content (AvgIpc) is 1.25. The second kappa shape index (κ2) is 2.86. The molecule has 50 valence electrons. The van der Waals surface area contributed by atoms with E-state index >= 15 is 0 Å². The Hall–Kier alpha value is 1.87. The Kier molecular flexibility index (Phi) is 3.52. The first-order valence-corrected chi connectivity index (χ1v) is 6.96. The number of halogens is 4. The van der Waals surface area contributed by atoms with E-state index in [1.165, 1.54) is 0 Å². The van der Waals surface area contributed by atoms with Gasteiger partial charge in [0.15, 0.2) is 0 Å². The summed E-state index contributed by atoms with van der Waals surface area (Å²) in [6, 6.07) is 0. The molecule has 0 amide bonds. The maximum atomic E-state index is 10.4. The molecule has 0 N–H and O–H groups in total. The van der Waals surface area contributed by atoms with Gasteiger partial charge in [-0.25, -0.2) is 8.42 Å². The van der Waals surface area contributed by atoms with E-state index in [-0.39, 0.29) is 0 Å². The van der Waals surface area contributed by atoms with Crippen LogP contribution < -0.4 is 0 Å². The average molecular weight is 396 g/mol. The number of alkyl halides is 3. The lowest BCUT2D eigenvalue weighted by atomic mass is 11.9. The first kappa shape index (κ1) is 9.87. The standard InChI is InChI=1S/CBr4O2S/c2-1(3,4)8(5,6)7. The van der Waals surface area contributed by atoms with Crippen molar-refractivity contribution >= 4 is 70.9 Å². The van der Waals surface area contributed by atoms with Crippen molar-refractivity contribution in [3.8, 4) is 0 Å². The molecule has 0 atom stereocenters. The van der Waals surface area contributed by atoms with Gasteiger partial charge in [-0.2, -0.15) is 0 Å². The zero-order valence-electron chi connectivity index (χ0n) is 3.24. The van der Waals surface area contributed by atoms with Crippen LogP contribution >= 0.6 is 62.6 Å². The molecule has 0 aliphatic rings. The highest BCUT2D eigenvalue weighted by molar-refractivity contribution is 9.56. The Morgan fingerprint density at radius 1 is 1.12 bits per heavy atom. The molecule has 8 heavy (non-hydrogen) atoms. The van der Waals surface area contributed by atoms with Crippen molar-refractivity contribution in [3.63, 3.8) is 0 Å². The second-order valence-corrected chi connectivity index (χ2v) is 13.3. The van der Waals surface area contributed by atoms with Crippen LogP contribution in [0.4, 0.5) is 0 Å². The van der Waals surface area contributed by atoms with E-state index in [4.69, 9.17) is 0 Å². The first-order valence-electron chi connectivity index (χ1n) is 1.26. The predicted molar refractivity (Wildman–Crippen MR) is 47.4 cm³/mol. The van der Waals surface area contributed by atoms with E-state index in [0.29, 0.717) is 0 Å². The van der Waals surface area contributed by atoms with Gasteiger partial charge in [-0.1, -0.05) is 0 Å². The van der Waals surface area contributed by atoms with E-state index in [2.05, 4.69) is 62.6 Å². The van der Waals surface area contributed by atoms with Gasteiger partial charge in [0.2, 0.25) is 9.75 Å². The van der Waals surface area contributed by atoms with Gasteiger partial charge >= 0.3 is 0 Å². The summed E-state index contributed by atoms with van der Waals surface area (Å²) in [6.45, 7) is 0. The van der Waals surface area contributed by atoms with Gasteiger partial charge in [-0.05, 0) is 47.8 Å². The Bertz CT molecular complexity index is 163. The molecule has 0 aromatic heterocycles. The summed E-state index contributed by atoms with van der Waals surface area (Å²) in [4.78, 5) is 0. The van der Waals surface area contributed by atoms with E-state index in [1.807, 2.05) is 0 Å². The third-order valence-electron chi connectivity index (χ3n) is 0.276. The van der Waals surface area contributed by atoms with Gasteiger partial charge in [-0.3, -0.25) is 0 Å². The van der Waals surface area contributed by atoms with Crippen molar-refractivity contribution in [1.29, 1.82) is 0 Å². The largest absolute Gasteiger partial charge is 0.245 e. The van der Waals surface area contributed by atoms with Gasteiger partial charge in [0.25, 0.3) is 0 Å². The third-order valence-corrected chi connectivity index (χ3v) is 10.0. The minimum absolute atomic E-state index is 1.24. The molecule has 2 nitrogen and oxygen atoms in total. The minimum Gasteiger partial charge on any atom is -0.214 e. The summed E-state index contributed by atoms with van der Waals surface area (Å²) in [5.74, 6) is 0. The Labute approximate surface area is 79.9 Å². The molecule has 0 unspecified atom stereocenters. The van der Waals surface area contributed by atoms with E-state index in [9.17, 15) is 8.42 Å². The highest BCUT2D eigenvalue weighted by Crippen LogP contribution is 2.42. The maximum Gasteiger partial charge on any atom is 0.245 e. The van der Waals surface area contributed by atoms with Crippen LogP contribution in [-0.2, 0) is 8.27 Å². The zero-order chi connectivity index (χ0) is 7.00. The molecule has 0 bridgehead atoms. The highest BCUT2D eigenvalue weighted by atomic mass is 80.0. The van der Waals surface area contributed by atoms with Crippen molar-refractivity contribution in [3.05, 3.63) is 0 Å². The van der Waals surface area contributed by atoms with E-state index in [1.54, 1.807) is 0 Å². The van der Waals surface area contributed by atoms with Gasteiger partial charge in [0.1, 0.15) is 0 Å². The summed E-state index contributed by atoms with van der Waals surface area (Å²) in [5.41, 5.74) is 0. The van der Waals surface area contributed by atoms with Crippen LogP contribution in [0.5, 0.6) is 0 Å². The number of rotatable bonds is 0. The Balaban J connectivity index is 4.53. The molecule has 0 aromatic carbocycles. The molecule has 0 aliphatic carbocycles. The van der Waals surface area contributed by atoms with Crippen molar-refractivity contribution < 1.29 is 8.42 Å². The Morgan fingerprint density at radius 3 is 1.25 bits per heavy atom. The molecule has 0 aliphatic heterocycles. The topological polar surface area (TPSA) is 34.1 Å². The molecule has 0 spiro atoms. The van der Waals surface area contributed by atoms with Gasteiger partial charge in [0.05, 0.1) is 14.8 Å². The zero-order valence-corrected chi connectivity index (χ0v) is 10.4. The quantitative estimate of drug-likeness (QED) is 0.466. The minimum atomic E-state index is -3.28. The Morgan fingerprint density at radius 2 is 1.25 bits per heavy atom. The van der Waals surface area contributed by atoms with E-state index < -0.39 is 9.75 Å². The van der Waals surface area contributed by atoms with Crippen LogP contribution in [0.2, 0.25) is 0 Å². The highest BCUT2D eigenvalue weighted by Gasteiger charge is 2.32. The fourth-order valence-corrected chi connectivity index (χ4v) is 0. The van der Waals surface area contributed by atoms with Crippen molar-refractivity contribution in [2.75, 3.05) is 0 Å². The summed E-state index contributed by atoms with van der Waals surface area (Å²) in [5, 5.41) is 0. The van der Waals surface area contributed by atoms with Crippen LogP contribution in [0.3, 0.4) is 0 Å². The van der Waals surface area contributed by atoms with Crippen molar-refractivity contribution in [1.82, 2.24) is 0 Å². The SMILES string of the molecule is O=S(=O)(Br)C(Br)(Br)Br. The molecule has 0 rings (SSSR count). The molecule has 0 heterocycles. The summed E-state index contributed by atoms with van der Waals surface area (Å²) < 4.78 is 19.6. The summed E-state index contributed by atoms with van der Waals surface area (Å²) in [6.07, 6.45) is 0. The molecule has 0 aromatic rings. The maximum absolute atomic E-state index is 10.4. The molecular weight excluding hydrogens is 396 g/mol. The second-order valence-electron chi connectivity index (χ2n) is 0.884. The fraction of sp³-hybridized carbons (Fsp3) is 1.00. The first-order chi connectivity index (χ1) is 3.25.